The molecule has 0 N–H and O–H groups in total. The van der Waals surface area contributed by atoms with Crippen LogP contribution in [0.5, 0.6) is 11.5 Å². The molecule has 0 radical (unpaired) electrons. The number of amides is 1. The van der Waals surface area contributed by atoms with Gasteiger partial charge in [-0.3, -0.25) is 9.78 Å². The second-order valence-corrected chi connectivity index (χ2v) is 7.29. The standard InChI is InChI=1S/C21H21N3O3S/c1-26-20-11-16(4-5-19(20)27-12-17-13-28-14-23-17)21(25)24-10-2-3-18(24)15-6-8-22-9-7-15/h4-9,11,13-14,18H,2-3,10,12H2,1H3/t18-/m1/s1. The van der Waals surface area contributed by atoms with Crippen molar-refractivity contribution in [2.24, 2.45) is 0 Å². The summed E-state index contributed by atoms with van der Waals surface area (Å²) in [6.07, 6.45) is 5.49. The van der Waals surface area contributed by atoms with Crippen LogP contribution in [0.15, 0.2) is 53.6 Å². The predicted octanol–water partition coefficient (Wildman–Crippen LogP) is 4.10. The van der Waals surface area contributed by atoms with Crippen LogP contribution in [0.3, 0.4) is 0 Å². The van der Waals surface area contributed by atoms with Crippen LogP contribution in [-0.2, 0) is 6.61 Å². The zero-order valence-corrected chi connectivity index (χ0v) is 16.4. The van der Waals surface area contributed by atoms with E-state index in [1.165, 1.54) is 11.3 Å². The van der Waals surface area contributed by atoms with E-state index in [-0.39, 0.29) is 11.9 Å². The molecule has 1 aliphatic heterocycles. The van der Waals surface area contributed by atoms with Crippen molar-refractivity contribution in [3.05, 3.63) is 70.4 Å². The number of hydrogen-bond donors (Lipinski definition) is 0. The van der Waals surface area contributed by atoms with Crippen molar-refractivity contribution in [3.8, 4) is 11.5 Å². The highest BCUT2D eigenvalue weighted by Crippen LogP contribution is 2.35. The molecule has 1 aliphatic rings. The average molecular weight is 395 g/mol. The average Bonchev–Trinajstić information content (AvgIpc) is 3.44. The van der Waals surface area contributed by atoms with Gasteiger partial charge in [-0.25, -0.2) is 4.98 Å². The predicted molar refractivity (Wildman–Crippen MR) is 107 cm³/mol. The molecule has 4 rings (SSSR count). The van der Waals surface area contributed by atoms with Crippen LogP contribution < -0.4 is 9.47 Å². The summed E-state index contributed by atoms with van der Waals surface area (Å²) >= 11 is 1.53. The molecule has 2 aromatic heterocycles. The minimum Gasteiger partial charge on any atom is -0.493 e. The fraction of sp³-hybridized carbons (Fsp3) is 0.286. The van der Waals surface area contributed by atoms with E-state index < -0.39 is 0 Å². The molecule has 3 aromatic rings. The Morgan fingerprint density at radius 1 is 1.25 bits per heavy atom. The number of methoxy groups -OCH3 is 1. The Labute approximate surface area is 167 Å². The zero-order valence-electron chi connectivity index (χ0n) is 15.6. The van der Waals surface area contributed by atoms with Gasteiger partial charge in [0.25, 0.3) is 5.91 Å². The number of carbonyl (C=O) groups is 1. The van der Waals surface area contributed by atoms with Crippen molar-refractivity contribution >= 4 is 17.2 Å². The van der Waals surface area contributed by atoms with Crippen LogP contribution in [0, 0.1) is 0 Å². The number of benzene rings is 1. The molecule has 1 atom stereocenters. The second-order valence-electron chi connectivity index (χ2n) is 6.57. The third-order valence-corrected chi connectivity index (χ3v) is 5.51. The highest BCUT2D eigenvalue weighted by molar-refractivity contribution is 7.07. The van der Waals surface area contributed by atoms with E-state index in [0.717, 1.165) is 30.6 Å². The molecule has 28 heavy (non-hydrogen) atoms. The molecule has 1 fully saturated rings. The summed E-state index contributed by atoms with van der Waals surface area (Å²) in [6.45, 7) is 1.11. The molecule has 0 saturated carbocycles. The summed E-state index contributed by atoms with van der Waals surface area (Å²) in [4.78, 5) is 23.4. The van der Waals surface area contributed by atoms with Gasteiger partial charge in [0, 0.05) is 29.9 Å². The number of ether oxygens (including phenoxy) is 2. The lowest BCUT2D eigenvalue weighted by molar-refractivity contribution is 0.0735. The highest BCUT2D eigenvalue weighted by atomic mass is 32.1. The van der Waals surface area contributed by atoms with Crippen LogP contribution in [-0.4, -0.2) is 34.4 Å². The molecular formula is C21H21N3O3S. The smallest absolute Gasteiger partial charge is 0.254 e. The summed E-state index contributed by atoms with van der Waals surface area (Å²) in [5.41, 5.74) is 4.35. The van der Waals surface area contributed by atoms with Crippen LogP contribution in [0.25, 0.3) is 0 Å². The van der Waals surface area contributed by atoms with Gasteiger partial charge in [-0.15, -0.1) is 11.3 Å². The van der Waals surface area contributed by atoms with Gasteiger partial charge in [0.15, 0.2) is 11.5 Å². The first-order valence-electron chi connectivity index (χ1n) is 9.15. The molecule has 1 saturated heterocycles. The van der Waals surface area contributed by atoms with Crippen LogP contribution in [0.1, 0.15) is 40.5 Å². The van der Waals surface area contributed by atoms with Gasteiger partial charge in [-0.2, -0.15) is 0 Å². The van der Waals surface area contributed by atoms with Gasteiger partial charge in [0.2, 0.25) is 0 Å². The number of carbonyl (C=O) groups excluding carboxylic acids is 1. The topological polar surface area (TPSA) is 64.5 Å². The van der Waals surface area contributed by atoms with Gasteiger partial charge in [-0.05, 0) is 48.7 Å². The van der Waals surface area contributed by atoms with Crippen molar-refractivity contribution in [2.75, 3.05) is 13.7 Å². The number of thiazole rings is 1. The van der Waals surface area contributed by atoms with E-state index in [9.17, 15) is 4.79 Å². The lowest BCUT2D eigenvalue weighted by atomic mass is 10.1. The largest absolute Gasteiger partial charge is 0.493 e. The Bertz CT molecular complexity index is 931. The summed E-state index contributed by atoms with van der Waals surface area (Å²) in [5.74, 6) is 1.14. The first kappa shape index (κ1) is 18.4. The molecule has 6 nitrogen and oxygen atoms in total. The van der Waals surface area contributed by atoms with Gasteiger partial charge in [0.1, 0.15) is 6.61 Å². The monoisotopic (exact) mass is 395 g/mol. The van der Waals surface area contributed by atoms with Crippen molar-refractivity contribution < 1.29 is 14.3 Å². The molecule has 0 spiro atoms. The van der Waals surface area contributed by atoms with E-state index in [1.807, 2.05) is 22.4 Å². The van der Waals surface area contributed by atoms with Crippen LogP contribution in [0.2, 0.25) is 0 Å². The van der Waals surface area contributed by atoms with Crippen molar-refractivity contribution in [1.82, 2.24) is 14.9 Å². The van der Waals surface area contributed by atoms with E-state index in [2.05, 4.69) is 9.97 Å². The summed E-state index contributed by atoms with van der Waals surface area (Å²) < 4.78 is 11.3. The van der Waals surface area contributed by atoms with Crippen LogP contribution >= 0.6 is 11.3 Å². The van der Waals surface area contributed by atoms with E-state index >= 15 is 0 Å². The summed E-state index contributed by atoms with van der Waals surface area (Å²) in [6, 6.07) is 9.38. The van der Waals surface area contributed by atoms with Crippen LogP contribution in [0.4, 0.5) is 0 Å². The maximum atomic E-state index is 13.2. The zero-order chi connectivity index (χ0) is 19.3. The molecule has 0 unspecified atom stereocenters. The number of nitrogens with zero attached hydrogens (tertiary/aromatic N) is 3. The molecule has 1 amide bonds. The molecule has 0 aliphatic carbocycles. The molecule has 3 heterocycles. The molecular weight excluding hydrogens is 374 g/mol. The third kappa shape index (κ3) is 3.84. The Morgan fingerprint density at radius 3 is 2.86 bits per heavy atom. The van der Waals surface area contributed by atoms with Crippen molar-refractivity contribution in [2.45, 2.75) is 25.5 Å². The maximum absolute atomic E-state index is 13.2. The number of rotatable bonds is 6. The molecule has 0 bridgehead atoms. The Hall–Kier alpha value is -2.93. The second kappa shape index (κ2) is 8.39. The first-order valence-corrected chi connectivity index (χ1v) is 10.1. The highest BCUT2D eigenvalue weighted by Gasteiger charge is 2.31. The summed E-state index contributed by atoms with van der Waals surface area (Å²) in [5, 5.41) is 1.94. The fourth-order valence-electron chi connectivity index (χ4n) is 3.49. The fourth-order valence-corrected chi connectivity index (χ4v) is 4.03. The van der Waals surface area contributed by atoms with Gasteiger partial charge < -0.3 is 14.4 Å². The van der Waals surface area contributed by atoms with Gasteiger partial charge >= 0.3 is 0 Å². The quantitative estimate of drug-likeness (QED) is 0.629. The third-order valence-electron chi connectivity index (χ3n) is 4.87. The van der Waals surface area contributed by atoms with Gasteiger partial charge in [-0.1, -0.05) is 0 Å². The first-order chi connectivity index (χ1) is 13.8. The lowest BCUT2D eigenvalue weighted by Gasteiger charge is -2.25. The number of pyridine rings is 1. The Morgan fingerprint density at radius 2 is 2.11 bits per heavy atom. The maximum Gasteiger partial charge on any atom is 0.254 e. The Kier molecular flexibility index (Phi) is 5.53. The Balaban J connectivity index is 1.52. The van der Waals surface area contributed by atoms with E-state index in [1.54, 1.807) is 43.2 Å². The van der Waals surface area contributed by atoms with E-state index in [4.69, 9.17) is 9.47 Å². The molecule has 144 valence electrons. The summed E-state index contributed by atoms with van der Waals surface area (Å²) in [7, 11) is 1.58. The van der Waals surface area contributed by atoms with E-state index in [0.29, 0.717) is 23.7 Å². The molecule has 7 heteroatoms. The molecule has 1 aromatic carbocycles. The number of hydrogen-bond acceptors (Lipinski definition) is 6. The SMILES string of the molecule is COc1cc(C(=O)N2CCC[C@@H]2c2ccncc2)ccc1OCc1cscn1. The van der Waals surface area contributed by atoms with Gasteiger partial charge in [0.05, 0.1) is 24.4 Å². The minimum absolute atomic E-state index is 0.00339. The minimum atomic E-state index is 0.00339. The normalized spacial score (nSPS) is 16.2. The van der Waals surface area contributed by atoms with Crippen molar-refractivity contribution in [1.29, 1.82) is 0 Å². The number of aromatic nitrogens is 2. The van der Waals surface area contributed by atoms with Crippen molar-refractivity contribution in [3.63, 3.8) is 0 Å². The number of likely N-dealkylation sites (tertiary alicyclic amines) is 1. The lowest BCUT2D eigenvalue weighted by Crippen LogP contribution is -2.30.